The molecule has 0 aliphatic rings. The van der Waals surface area contributed by atoms with Crippen LogP contribution in [0.15, 0.2) is 0 Å². The molecule has 0 bridgehead atoms. The van der Waals surface area contributed by atoms with E-state index in [0.29, 0.717) is 6.04 Å². The van der Waals surface area contributed by atoms with Crippen molar-refractivity contribution in [3.05, 3.63) is 0 Å². The van der Waals surface area contributed by atoms with Crippen LogP contribution in [0.4, 0.5) is 0 Å². The van der Waals surface area contributed by atoms with Crippen LogP contribution in [0.1, 0.15) is 65.7 Å². The molecule has 1 atom stereocenters. The molecule has 16 heavy (non-hydrogen) atoms. The summed E-state index contributed by atoms with van der Waals surface area (Å²) in [6, 6.07) is 0.706. The van der Waals surface area contributed by atoms with Crippen LogP contribution < -0.4 is 11.1 Å². The quantitative estimate of drug-likeness (QED) is 0.532. The Labute approximate surface area is 102 Å². The van der Waals surface area contributed by atoms with E-state index in [1.165, 1.54) is 51.5 Å². The molecular weight excluding hydrogens is 196 g/mol. The molecule has 0 spiro atoms. The number of nitrogens with one attached hydrogen (secondary N) is 1. The van der Waals surface area contributed by atoms with Gasteiger partial charge in [0.05, 0.1) is 0 Å². The van der Waals surface area contributed by atoms with Gasteiger partial charge in [-0.3, -0.25) is 0 Å². The second-order valence-corrected chi connectivity index (χ2v) is 5.12. The molecule has 0 rings (SSSR count). The smallest absolute Gasteiger partial charge is 0.00874 e. The minimum Gasteiger partial charge on any atom is -0.330 e. The van der Waals surface area contributed by atoms with Crippen LogP contribution in [-0.2, 0) is 0 Å². The molecule has 2 heteroatoms. The van der Waals surface area contributed by atoms with Crippen molar-refractivity contribution >= 4 is 0 Å². The third-order valence-corrected chi connectivity index (χ3v) is 3.28. The summed E-state index contributed by atoms with van der Waals surface area (Å²) in [7, 11) is 0. The van der Waals surface area contributed by atoms with Gasteiger partial charge in [-0.2, -0.15) is 0 Å². The summed E-state index contributed by atoms with van der Waals surface area (Å²) in [6.45, 7) is 8.91. The summed E-state index contributed by atoms with van der Waals surface area (Å²) in [5.74, 6) is 0.759. The van der Waals surface area contributed by atoms with Gasteiger partial charge < -0.3 is 11.1 Å². The first kappa shape index (κ1) is 15.9. The molecule has 0 heterocycles. The molecule has 0 aromatic heterocycles. The summed E-state index contributed by atoms with van der Waals surface area (Å²) in [6.07, 6.45) is 9.18. The molecule has 0 aliphatic heterocycles. The van der Waals surface area contributed by atoms with Crippen molar-refractivity contribution in [3.63, 3.8) is 0 Å². The average Bonchev–Trinajstić information content (AvgIpc) is 2.26. The third kappa shape index (κ3) is 9.17. The van der Waals surface area contributed by atoms with Crippen molar-refractivity contribution in [2.24, 2.45) is 11.7 Å². The molecule has 0 aromatic carbocycles. The summed E-state index contributed by atoms with van der Waals surface area (Å²) in [5.41, 5.74) is 5.46. The zero-order valence-electron chi connectivity index (χ0n) is 11.6. The highest BCUT2D eigenvalue weighted by Gasteiger charge is 2.08. The van der Waals surface area contributed by atoms with E-state index in [1.54, 1.807) is 0 Å². The van der Waals surface area contributed by atoms with Gasteiger partial charge in [-0.1, -0.05) is 46.5 Å². The summed E-state index contributed by atoms with van der Waals surface area (Å²) < 4.78 is 0. The Balaban J connectivity index is 3.19. The van der Waals surface area contributed by atoms with Crippen LogP contribution in [0.25, 0.3) is 0 Å². The van der Waals surface area contributed by atoms with Crippen molar-refractivity contribution in [3.8, 4) is 0 Å². The normalized spacial score (nSPS) is 13.3. The summed E-state index contributed by atoms with van der Waals surface area (Å²) >= 11 is 0. The Morgan fingerprint density at radius 2 is 1.50 bits per heavy atom. The van der Waals surface area contributed by atoms with Gasteiger partial charge in [0.1, 0.15) is 0 Å². The van der Waals surface area contributed by atoms with Crippen LogP contribution >= 0.6 is 0 Å². The molecule has 0 radical (unpaired) electrons. The van der Waals surface area contributed by atoms with Crippen LogP contribution in [0, 0.1) is 5.92 Å². The molecule has 1 unspecified atom stereocenters. The van der Waals surface area contributed by atoms with E-state index in [2.05, 4.69) is 26.1 Å². The predicted molar refractivity (Wildman–Crippen MR) is 73.7 cm³/mol. The van der Waals surface area contributed by atoms with E-state index in [0.717, 1.165) is 12.5 Å². The fourth-order valence-corrected chi connectivity index (χ4v) is 2.12. The number of unbranched alkanes of at least 4 members (excludes halogenated alkanes) is 5. The van der Waals surface area contributed by atoms with Crippen LogP contribution in [0.5, 0.6) is 0 Å². The Bertz CT molecular complexity index is 135. The number of rotatable bonds is 11. The van der Waals surface area contributed by atoms with Crippen LogP contribution in [0.3, 0.4) is 0 Å². The maximum Gasteiger partial charge on any atom is 0.00874 e. The highest BCUT2D eigenvalue weighted by molar-refractivity contribution is 4.68. The maximum atomic E-state index is 5.46. The lowest BCUT2D eigenvalue weighted by molar-refractivity contribution is 0.383. The molecule has 0 aliphatic carbocycles. The van der Waals surface area contributed by atoms with Crippen molar-refractivity contribution < 1.29 is 0 Å². The van der Waals surface area contributed by atoms with Gasteiger partial charge in [0.25, 0.3) is 0 Å². The first-order valence-electron chi connectivity index (χ1n) is 7.15. The average molecular weight is 228 g/mol. The summed E-state index contributed by atoms with van der Waals surface area (Å²) in [4.78, 5) is 0. The van der Waals surface area contributed by atoms with Gasteiger partial charge >= 0.3 is 0 Å². The molecule has 0 saturated heterocycles. The lowest BCUT2D eigenvalue weighted by Crippen LogP contribution is -2.33. The van der Waals surface area contributed by atoms with Crippen molar-refractivity contribution in [1.82, 2.24) is 5.32 Å². The number of hydrogen-bond donors (Lipinski definition) is 2. The number of nitrogens with two attached hydrogens (primary N) is 1. The van der Waals surface area contributed by atoms with Gasteiger partial charge in [0.2, 0.25) is 0 Å². The fourth-order valence-electron chi connectivity index (χ4n) is 2.12. The van der Waals surface area contributed by atoms with Crippen LogP contribution in [-0.4, -0.2) is 19.1 Å². The van der Waals surface area contributed by atoms with Gasteiger partial charge in [-0.15, -0.1) is 0 Å². The predicted octanol–water partition coefficient (Wildman–Crippen LogP) is 3.31. The molecule has 0 fully saturated rings. The van der Waals surface area contributed by atoms with E-state index in [-0.39, 0.29) is 0 Å². The van der Waals surface area contributed by atoms with Crippen molar-refractivity contribution in [2.45, 2.75) is 71.8 Å². The van der Waals surface area contributed by atoms with E-state index in [1.807, 2.05) is 0 Å². The Morgan fingerprint density at radius 3 is 2.00 bits per heavy atom. The highest BCUT2D eigenvalue weighted by Crippen LogP contribution is 2.07. The van der Waals surface area contributed by atoms with E-state index in [9.17, 15) is 0 Å². The Hall–Kier alpha value is -0.0800. The zero-order chi connectivity index (χ0) is 12.2. The molecule has 98 valence electrons. The largest absolute Gasteiger partial charge is 0.330 e. The van der Waals surface area contributed by atoms with Crippen LogP contribution in [0.2, 0.25) is 0 Å². The molecule has 3 N–H and O–H groups in total. The molecular formula is C14H32N2. The lowest BCUT2D eigenvalue weighted by atomic mass is 10.0. The maximum absolute atomic E-state index is 5.46. The molecule has 2 nitrogen and oxygen atoms in total. The molecule has 0 aromatic rings. The monoisotopic (exact) mass is 228 g/mol. The first-order chi connectivity index (χ1) is 7.72. The highest BCUT2D eigenvalue weighted by atomic mass is 14.9. The fraction of sp³-hybridized carbons (Fsp3) is 1.00. The third-order valence-electron chi connectivity index (χ3n) is 3.28. The van der Waals surface area contributed by atoms with Gasteiger partial charge in [-0.25, -0.2) is 0 Å². The Kier molecular flexibility index (Phi) is 11.3. The Morgan fingerprint density at radius 1 is 0.938 bits per heavy atom. The van der Waals surface area contributed by atoms with Crippen molar-refractivity contribution in [2.75, 3.05) is 13.1 Å². The minimum atomic E-state index is 0.706. The van der Waals surface area contributed by atoms with Crippen molar-refractivity contribution in [1.29, 1.82) is 0 Å². The zero-order valence-corrected chi connectivity index (χ0v) is 11.6. The lowest BCUT2D eigenvalue weighted by Gasteiger charge is -2.20. The van der Waals surface area contributed by atoms with E-state index < -0.39 is 0 Å². The minimum absolute atomic E-state index is 0.706. The van der Waals surface area contributed by atoms with Gasteiger partial charge in [0, 0.05) is 6.04 Å². The number of hydrogen-bond acceptors (Lipinski definition) is 2. The second-order valence-electron chi connectivity index (χ2n) is 5.12. The first-order valence-corrected chi connectivity index (χ1v) is 7.15. The molecule has 0 saturated carbocycles. The summed E-state index contributed by atoms with van der Waals surface area (Å²) in [5, 5.41) is 3.65. The standard InChI is InChI=1S/C14H32N2/c1-4-14(13(2)3)16-12-10-8-6-5-7-9-11-15/h13-14,16H,4-12,15H2,1-3H3. The topological polar surface area (TPSA) is 38.0 Å². The van der Waals surface area contributed by atoms with E-state index in [4.69, 9.17) is 5.73 Å². The SMILES string of the molecule is CCC(NCCCCCCCCN)C(C)C. The van der Waals surface area contributed by atoms with E-state index >= 15 is 0 Å². The second kappa shape index (κ2) is 11.4. The molecule has 0 amide bonds. The van der Waals surface area contributed by atoms with Gasteiger partial charge in [-0.05, 0) is 38.3 Å². The van der Waals surface area contributed by atoms with Gasteiger partial charge in [0.15, 0.2) is 0 Å².